The van der Waals surface area contributed by atoms with Gasteiger partial charge in [0, 0.05) is 48.9 Å². The van der Waals surface area contributed by atoms with Crippen molar-refractivity contribution >= 4 is 28.4 Å². The average molecular weight is 570 g/mol. The van der Waals surface area contributed by atoms with E-state index in [9.17, 15) is 15.2 Å². The van der Waals surface area contributed by atoms with E-state index in [2.05, 4.69) is 71.1 Å². The van der Waals surface area contributed by atoms with E-state index in [0.717, 1.165) is 55.8 Å². The molecule has 220 valence electrons. The van der Waals surface area contributed by atoms with Gasteiger partial charge in [-0.1, -0.05) is 37.3 Å². The summed E-state index contributed by atoms with van der Waals surface area (Å²) in [5.41, 5.74) is 4.59. The van der Waals surface area contributed by atoms with Crippen molar-refractivity contribution in [2.45, 2.75) is 57.7 Å². The first-order valence-corrected chi connectivity index (χ1v) is 15.1. The SMILES string of the molecule is CCc1cccc2cccc(N3CCc4c(nc(OC[C@@H]5CCCN5C)nc4N4CCN(C(=O)O)[C@@H](CC#N)C4)C3)c12. The van der Waals surface area contributed by atoms with Gasteiger partial charge < -0.3 is 29.4 Å². The van der Waals surface area contributed by atoms with Gasteiger partial charge in [0.1, 0.15) is 12.4 Å². The molecule has 1 aromatic heterocycles. The van der Waals surface area contributed by atoms with E-state index in [4.69, 9.17) is 14.7 Å². The molecule has 10 nitrogen and oxygen atoms in total. The van der Waals surface area contributed by atoms with Crippen LogP contribution in [0.5, 0.6) is 6.01 Å². The van der Waals surface area contributed by atoms with E-state index in [1.807, 2.05) is 0 Å². The highest BCUT2D eigenvalue weighted by Gasteiger charge is 2.34. The highest BCUT2D eigenvalue weighted by Crippen LogP contribution is 2.36. The Bertz CT molecular complexity index is 1500. The lowest BCUT2D eigenvalue weighted by molar-refractivity contribution is 0.119. The molecule has 3 aromatic rings. The molecule has 3 aliphatic rings. The van der Waals surface area contributed by atoms with Gasteiger partial charge in [0.2, 0.25) is 0 Å². The average Bonchev–Trinajstić information content (AvgIpc) is 3.43. The summed E-state index contributed by atoms with van der Waals surface area (Å²) < 4.78 is 6.27. The number of carbonyl (C=O) groups is 1. The van der Waals surface area contributed by atoms with Crippen LogP contribution in [0.1, 0.15) is 43.0 Å². The molecule has 2 atom stereocenters. The monoisotopic (exact) mass is 569 g/mol. The number of carboxylic acid groups (broad SMARTS) is 1. The third kappa shape index (κ3) is 5.41. The molecule has 2 saturated heterocycles. The minimum absolute atomic E-state index is 0.141. The Labute approximate surface area is 247 Å². The van der Waals surface area contributed by atoms with Crippen molar-refractivity contribution in [1.82, 2.24) is 19.8 Å². The van der Waals surface area contributed by atoms with E-state index in [1.54, 1.807) is 0 Å². The fourth-order valence-electron chi connectivity index (χ4n) is 6.82. The molecule has 1 N–H and O–H groups in total. The number of amides is 1. The number of ether oxygens (including phenoxy) is 1. The number of hydrogen-bond acceptors (Lipinski definition) is 8. The van der Waals surface area contributed by atoms with Crippen molar-refractivity contribution in [3.05, 3.63) is 53.2 Å². The first-order chi connectivity index (χ1) is 20.5. The normalized spacial score (nSPS) is 20.9. The zero-order valence-electron chi connectivity index (χ0n) is 24.5. The Balaban J connectivity index is 1.35. The molecule has 2 aromatic carbocycles. The minimum atomic E-state index is -0.985. The smallest absolute Gasteiger partial charge is 0.407 e. The van der Waals surface area contributed by atoms with Gasteiger partial charge in [-0.15, -0.1) is 0 Å². The van der Waals surface area contributed by atoms with E-state index in [1.165, 1.54) is 26.9 Å². The van der Waals surface area contributed by atoms with Gasteiger partial charge in [0.25, 0.3) is 0 Å². The summed E-state index contributed by atoms with van der Waals surface area (Å²) in [6, 6.07) is 15.5. The molecule has 1 amide bonds. The van der Waals surface area contributed by atoms with Crippen LogP contribution in [0.4, 0.5) is 16.3 Å². The second kappa shape index (κ2) is 12.0. The van der Waals surface area contributed by atoms with Gasteiger partial charge in [-0.25, -0.2) is 4.79 Å². The Morgan fingerprint density at radius 1 is 1.10 bits per heavy atom. The number of nitrogens with zero attached hydrogens (tertiary/aromatic N) is 7. The molecule has 0 bridgehead atoms. The number of hydrogen-bond donors (Lipinski definition) is 1. The van der Waals surface area contributed by atoms with Crippen LogP contribution >= 0.6 is 0 Å². The number of likely N-dealkylation sites (tertiary alicyclic amines) is 1. The number of likely N-dealkylation sites (N-methyl/N-ethyl adjacent to an activating group) is 1. The zero-order valence-corrected chi connectivity index (χ0v) is 24.5. The minimum Gasteiger partial charge on any atom is -0.465 e. The van der Waals surface area contributed by atoms with Crippen molar-refractivity contribution < 1.29 is 14.6 Å². The predicted molar refractivity (Wildman–Crippen MR) is 162 cm³/mol. The molecule has 3 aliphatic heterocycles. The van der Waals surface area contributed by atoms with Crippen molar-refractivity contribution in [1.29, 1.82) is 5.26 Å². The highest BCUT2D eigenvalue weighted by atomic mass is 16.5. The van der Waals surface area contributed by atoms with Gasteiger partial charge >= 0.3 is 12.1 Å². The molecule has 0 unspecified atom stereocenters. The number of piperazine rings is 1. The van der Waals surface area contributed by atoms with Gasteiger partial charge in [-0.3, -0.25) is 0 Å². The summed E-state index contributed by atoms with van der Waals surface area (Å²) in [4.78, 5) is 30.0. The van der Waals surface area contributed by atoms with Crippen LogP contribution in [-0.4, -0.2) is 89.4 Å². The van der Waals surface area contributed by atoms with Crippen LogP contribution in [0.15, 0.2) is 36.4 Å². The molecular weight excluding hydrogens is 530 g/mol. The molecule has 0 saturated carbocycles. The molecule has 42 heavy (non-hydrogen) atoms. The maximum absolute atomic E-state index is 11.9. The van der Waals surface area contributed by atoms with Gasteiger partial charge in [-0.2, -0.15) is 15.2 Å². The maximum atomic E-state index is 11.9. The molecule has 4 heterocycles. The Hall–Kier alpha value is -4.10. The zero-order chi connectivity index (χ0) is 29.2. The summed E-state index contributed by atoms with van der Waals surface area (Å²) in [5, 5.41) is 21.7. The van der Waals surface area contributed by atoms with Crippen molar-refractivity contribution in [2.24, 2.45) is 0 Å². The second-order valence-electron chi connectivity index (χ2n) is 11.6. The number of anilines is 2. The largest absolute Gasteiger partial charge is 0.465 e. The second-order valence-corrected chi connectivity index (χ2v) is 11.6. The Morgan fingerprint density at radius 2 is 1.93 bits per heavy atom. The lowest BCUT2D eigenvalue weighted by Gasteiger charge is -2.41. The van der Waals surface area contributed by atoms with Crippen LogP contribution in [-0.2, 0) is 19.4 Å². The summed E-state index contributed by atoms with van der Waals surface area (Å²) >= 11 is 0. The number of aryl methyl sites for hydroxylation is 1. The predicted octanol–water partition coefficient (Wildman–Crippen LogP) is 4.31. The molecule has 10 heteroatoms. The molecule has 6 rings (SSSR count). The van der Waals surface area contributed by atoms with Gasteiger partial charge in [-0.05, 0) is 56.3 Å². The van der Waals surface area contributed by atoms with E-state index in [0.29, 0.717) is 44.8 Å². The molecule has 0 radical (unpaired) electrons. The summed E-state index contributed by atoms with van der Waals surface area (Å²) in [5.74, 6) is 0.814. The standard InChI is InChI=1S/C32H39N7O3/c1-3-22-7-4-8-23-9-5-11-28(29(22)23)37-16-13-26-27(20-37)34-31(42-21-25-10-6-15-36(25)2)35-30(26)38-17-18-39(32(40)41)24(19-38)12-14-33/h4-5,7-9,11,24-25H,3,6,10,12-13,15-21H2,1-2H3,(H,40,41)/t24-,25-/m0/s1. The van der Waals surface area contributed by atoms with Crippen LogP contribution in [0.3, 0.4) is 0 Å². The first kappa shape index (κ1) is 28.0. The molecular formula is C32H39N7O3. The lowest BCUT2D eigenvalue weighted by atomic mass is 9.98. The summed E-state index contributed by atoms with van der Waals surface area (Å²) in [6.07, 6.45) is 3.14. The van der Waals surface area contributed by atoms with Crippen molar-refractivity contribution in [2.75, 3.05) is 56.2 Å². The van der Waals surface area contributed by atoms with Crippen molar-refractivity contribution in [3.63, 3.8) is 0 Å². The van der Waals surface area contributed by atoms with Crippen LogP contribution in [0.25, 0.3) is 10.8 Å². The van der Waals surface area contributed by atoms with Gasteiger partial charge in [0.05, 0.1) is 30.8 Å². The molecule has 0 aliphatic carbocycles. The van der Waals surface area contributed by atoms with Crippen LogP contribution < -0.4 is 14.5 Å². The molecule has 2 fully saturated rings. The number of nitriles is 1. The number of fused-ring (bicyclic) bond motifs is 2. The highest BCUT2D eigenvalue weighted by molar-refractivity contribution is 5.97. The fraction of sp³-hybridized carbons (Fsp3) is 0.500. The van der Waals surface area contributed by atoms with Crippen molar-refractivity contribution in [3.8, 4) is 12.1 Å². The molecule has 0 spiro atoms. The lowest BCUT2D eigenvalue weighted by Crippen LogP contribution is -2.55. The van der Waals surface area contributed by atoms with E-state index < -0.39 is 12.1 Å². The Kier molecular flexibility index (Phi) is 8.02. The third-order valence-electron chi connectivity index (χ3n) is 9.14. The van der Waals surface area contributed by atoms with E-state index >= 15 is 0 Å². The van der Waals surface area contributed by atoms with Gasteiger partial charge in [0.15, 0.2) is 0 Å². The first-order valence-electron chi connectivity index (χ1n) is 15.1. The quantitative estimate of drug-likeness (QED) is 0.445. The Morgan fingerprint density at radius 3 is 2.67 bits per heavy atom. The van der Waals surface area contributed by atoms with Crippen LogP contribution in [0.2, 0.25) is 0 Å². The summed E-state index contributed by atoms with van der Waals surface area (Å²) in [6.45, 7) is 6.51. The maximum Gasteiger partial charge on any atom is 0.407 e. The fourth-order valence-corrected chi connectivity index (χ4v) is 6.82. The topological polar surface area (TPSA) is 109 Å². The summed E-state index contributed by atoms with van der Waals surface area (Å²) in [7, 11) is 2.13. The van der Waals surface area contributed by atoms with E-state index in [-0.39, 0.29) is 6.42 Å². The van der Waals surface area contributed by atoms with Crippen LogP contribution in [0, 0.1) is 11.3 Å². The third-order valence-corrected chi connectivity index (χ3v) is 9.14. The number of rotatable bonds is 7. The number of benzene rings is 2. The number of aromatic nitrogens is 2.